The highest BCUT2D eigenvalue weighted by molar-refractivity contribution is 6.30. The van der Waals surface area contributed by atoms with Gasteiger partial charge >= 0.3 is 0 Å². The van der Waals surface area contributed by atoms with Crippen molar-refractivity contribution in [3.05, 3.63) is 51.9 Å². The maximum atomic E-state index is 10.2. The van der Waals surface area contributed by atoms with E-state index in [2.05, 4.69) is 33.8 Å². The topological polar surface area (TPSA) is 61.7 Å². The fraction of sp³-hybridized carbons (Fsp3) is 0.565. The van der Waals surface area contributed by atoms with Gasteiger partial charge in [0.25, 0.3) is 0 Å². The molecule has 1 aliphatic rings. The van der Waals surface area contributed by atoms with Gasteiger partial charge in [0, 0.05) is 55.4 Å². The van der Waals surface area contributed by atoms with Gasteiger partial charge in [-0.25, -0.2) is 9.97 Å². The normalized spacial score (nSPS) is 16.3. The van der Waals surface area contributed by atoms with E-state index < -0.39 is 6.10 Å². The maximum Gasteiger partial charge on any atom is 0.136 e. The first-order valence-electron chi connectivity index (χ1n) is 10.7. The molecular formula is C23H33ClN4O2. The monoisotopic (exact) mass is 432 g/mol. The van der Waals surface area contributed by atoms with Crippen molar-refractivity contribution in [3.63, 3.8) is 0 Å². The fourth-order valence-electron chi connectivity index (χ4n) is 3.79. The van der Waals surface area contributed by atoms with Gasteiger partial charge in [-0.2, -0.15) is 0 Å². The third-order valence-corrected chi connectivity index (χ3v) is 5.61. The van der Waals surface area contributed by atoms with E-state index in [0.29, 0.717) is 13.2 Å². The van der Waals surface area contributed by atoms with Gasteiger partial charge in [0.05, 0.1) is 18.8 Å². The molecule has 1 aliphatic heterocycles. The molecule has 1 saturated heterocycles. The molecule has 1 fully saturated rings. The zero-order valence-corrected chi connectivity index (χ0v) is 19.2. The minimum Gasteiger partial charge on any atom is -0.389 e. The number of hydrogen-bond donors (Lipinski definition) is 1. The summed E-state index contributed by atoms with van der Waals surface area (Å²) in [5, 5.41) is 11.0. The summed E-state index contributed by atoms with van der Waals surface area (Å²) in [6, 6.07) is 7.97. The molecule has 3 rings (SSSR count). The molecule has 2 heterocycles. The SMILES string of the molecule is Cc1nc(C)c(Cc2ccc(Cl)cc2)c(N2CCN(CC(O)COC(C)C)CC2)n1. The zero-order chi connectivity index (χ0) is 21.7. The van der Waals surface area contributed by atoms with Gasteiger partial charge in [-0.15, -0.1) is 0 Å². The van der Waals surface area contributed by atoms with Gasteiger partial charge in [-0.3, -0.25) is 4.90 Å². The van der Waals surface area contributed by atoms with E-state index in [0.717, 1.165) is 55.0 Å². The van der Waals surface area contributed by atoms with E-state index in [1.807, 2.05) is 32.9 Å². The number of aliphatic hydroxyl groups excluding tert-OH is 1. The smallest absolute Gasteiger partial charge is 0.136 e. The van der Waals surface area contributed by atoms with Crippen LogP contribution in [0, 0.1) is 13.8 Å². The molecule has 1 N–H and O–H groups in total. The second-order valence-corrected chi connectivity index (χ2v) is 8.72. The molecule has 6 nitrogen and oxygen atoms in total. The Morgan fingerprint density at radius 3 is 2.37 bits per heavy atom. The minimum atomic E-state index is -0.456. The number of halogens is 1. The van der Waals surface area contributed by atoms with Crippen LogP contribution in [0.4, 0.5) is 5.82 Å². The van der Waals surface area contributed by atoms with Gasteiger partial charge < -0.3 is 14.7 Å². The Balaban J connectivity index is 1.67. The number of β-amino-alcohol motifs (C(OH)–C–C–N with tert-alkyl or cyclic N) is 1. The lowest BCUT2D eigenvalue weighted by atomic mass is 10.0. The highest BCUT2D eigenvalue weighted by Crippen LogP contribution is 2.25. The van der Waals surface area contributed by atoms with Crippen LogP contribution in [0.2, 0.25) is 5.02 Å². The number of ether oxygens (including phenoxy) is 1. The Morgan fingerprint density at radius 1 is 1.07 bits per heavy atom. The minimum absolute atomic E-state index is 0.139. The molecule has 0 saturated carbocycles. The summed E-state index contributed by atoms with van der Waals surface area (Å²) in [6.45, 7) is 12.5. The van der Waals surface area contributed by atoms with E-state index in [1.165, 1.54) is 11.1 Å². The number of rotatable bonds is 8. The van der Waals surface area contributed by atoms with E-state index >= 15 is 0 Å². The van der Waals surface area contributed by atoms with Gasteiger partial charge in [0.15, 0.2) is 0 Å². The number of anilines is 1. The molecule has 30 heavy (non-hydrogen) atoms. The van der Waals surface area contributed by atoms with Crippen LogP contribution in [0.3, 0.4) is 0 Å². The van der Waals surface area contributed by atoms with E-state index in [-0.39, 0.29) is 6.10 Å². The lowest BCUT2D eigenvalue weighted by Crippen LogP contribution is -2.49. The zero-order valence-electron chi connectivity index (χ0n) is 18.4. The maximum absolute atomic E-state index is 10.2. The summed E-state index contributed by atoms with van der Waals surface area (Å²) in [7, 11) is 0. The molecule has 1 aromatic heterocycles. The Labute approximate surface area is 184 Å². The first-order valence-corrected chi connectivity index (χ1v) is 11.0. The number of aryl methyl sites for hydroxylation is 2. The molecule has 1 aromatic carbocycles. The van der Waals surface area contributed by atoms with Crippen molar-refractivity contribution < 1.29 is 9.84 Å². The van der Waals surface area contributed by atoms with E-state index in [1.54, 1.807) is 0 Å². The molecule has 1 unspecified atom stereocenters. The Morgan fingerprint density at radius 2 is 1.73 bits per heavy atom. The van der Waals surface area contributed by atoms with Gasteiger partial charge in [0.1, 0.15) is 11.6 Å². The average molecular weight is 433 g/mol. The largest absolute Gasteiger partial charge is 0.389 e. The first-order chi connectivity index (χ1) is 14.3. The summed E-state index contributed by atoms with van der Waals surface area (Å²) in [4.78, 5) is 14.1. The summed E-state index contributed by atoms with van der Waals surface area (Å²) in [6.07, 6.45) is 0.465. The Bertz CT molecular complexity index is 821. The van der Waals surface area contributed by atoms with Crippen LogP contribution in [-0.4, -0.2) is 71.5 Å². The molecule has 0 spiro atoms. The van der Waals surface area contributed by atoms with Crippen LogP contribution in [0.15, 0.2) is 24.3 Å². The molecule has 0 bridgehead atoms. The average Bonchev–Trinajstić information content (AvgIpc) is 2.70. The van der Waals surface area contributed by atoms with E-state index in [9.17, 15) is 5.11 Å². The lowest BCUT2D eigenvalue weighted by molar-refractivity contribution is -0.00901. The predicted octanol–water partition coefficient (Wildman–Crippen LogP) is 3.25. The second kappa shape index (κ2) is 10.5. The molecule has 7 heteroatoms. The predicted molar refractivity (Wildman–Crippen MR) is 122 cm³/mol. The number of nitrogens with zero attached hydrogens (tertiary/aromatic N) is 4. The van der Waals surface area contributed by atoms with Crippen molar-refractivity contribution in [1.29, 1.82) is 0 Å². The van der Waals surface area contributed by atoms with Crippen molar-refractivity contribution in [2.24, 2.45) is 0 Å². The van der Waals surface area contributed by atoms with Crippen molar-refractivity contribution in [2.45, 2.75) is 46.3 Å². The second-order valence-electron chi connectivity index (χ2n) is 8.29. The molecule has 0 radical (unpaired) electrons. The number of aromatic nitrogens is 2. The molecule has 0 amide bonds. The number of aliphatic hydroxyl groups is 1. The molecule has 2 aromatic rings. The Kier molecular flexibility index (Phi) is 8.06. The number of hydrogen-bond acceptors (Lipinski definition) is 6. The number of benzene rings is 1. The van der Waals surface area contributed by atoms with Crippen molar-refractivity contribution in [3.8, 4) is 0 Å². The third-order valence-electron chi connectivity index (χ3n) is 5.36. The van der Waals surface area contributed by atoms with Crippen LogP contribution in [0.25, 0.3) is 0 Å². The molecule has 0 aliphatic carbocycles. The summed E-state index contributed by atoms with van der Waals surface area (Å²) in [5.74, 6) is 1.82. The highest BCUT2D eigenvalue weighted by atomic mass is 35.5. The van der Waals surface area contributed by atoms with Crippen LogP contribution >= 0.6 is 11.6 Å². The quantitative estimate of drug-likeness (QED) is 0.690. The van der Waals surface area contributed by atoms with E-state index in [4.69, 9.17) is 21.3 Å². The van der Waals surface area contributed by atoms with Crippen LogP contribution in [0.5, 0.6) is 0 Å². The summed E-state index contributed by atoms with van der Waals surface area (Å²) >= 11 is 6.04. The highest BCUT2D eigenvalue weighted by Gasteiger charge is 2.23. The van der Waals surface area contributed by atoms with Crippen molar-refractivity contribution in [1.82, 2.24) is 14.9 Å². The summed E-state index contributed by atoms with van der Waals surface area (Å²) < 4.78 is 5.53. The van der Waals surface area contributed by atoms with Crippen molar-refractivity contribution in [2.75, 3.05) is 44.2 Å². The number of piperazine rings is 1. The van der Waals surface area contributed by atoms with Crippen LogP contribution in [-0.2, 0) is 11.2 Å². The Hall–Kier alpha value is -1.73. The lowest BCUT2D eigenvalue weighted by Gasteiger charge is -2.37. The van der Waals surface area contributed by atoms with Crippen molar-refractivity contribution >= 4 is 17.4 Å². The van der Waals surface area contributed by atoms with Crippen LogP contribution < -0.4 is 4.90 Å². The van der Waals surface area contributed by atoms with Crippen LogP contribution in [0.1, 0.15) is 36.5 Å². The van der Waals surface area contributed by atoms with Gasteiger partial charge in [0.2, 0.25) is 0 Å². The molecule has 164 valence electrons. The first kappa shape index (κ1) is 22.9. The molecule has 1 atom stereocenters. The third kappa shape index (κ3) is 6.38. The summed E-state index contributed by atoms with van der Waals surface area (Å²) in [5.41, 5.74) is 3.39. The van der Waals surface area contributed by atoms with Gasteiger partial charge in [-0.05, 0) is 45.4 Å². The fourth-order valence-corrected chi connectivity index (χ4v) is 3.92. The standard InChI is InChI=1S/C23H33ClN4O2/c1-16(2)30-15-21(29)14-27-9-11-28(12-10-27)23-22(17(3)25-18(4)26-23)13-19-5-7-20(24)8-6-19/h5-8,16,21,29H,9-15H2,1-4H3. The van der Waals surface area contributed by atoms with Gasteiger partial charge in [-0.1, -0.05) is 23.7 Å². The molecular weight excluding hydrogens is 400 g/mol.